The maximum atomic E-state index is 11.8. The van der Waals surface area contributed by atoms with Gasteiger partial charge in [-0.25, -0.2) is 14.8 Å². The maximum Gasteiger partial charge on any atom is 0.317 e. The van der Waals surface area contributed by atoms with Gasteiger partial charge in [-0.05, 0) is 11.6 Å². The van der Waals surface area contributed by atoms with Crippen LogP contribution < -0.4 is 10.6 Å². The molecule has 10 nitrogen and oxygen atoms in total. The lowest BCUT2D eigenvalue weighted by molar-refractivity contribution is 0.219. The zero-order chi connectivity index (χ0) is 22.8. The Morgan fingerprint density at radius 1 is 1.00 bits per heavy atom. The van der Waals surface area contributed by atoms with Crippen LogP contribution in [0.1, 0.15) is 0 Å². The summed E-state index contributed by atoms with van der Waals surface area (Å²) in [5, 5.41) is 14.8. The lowest BCUT2D eigenvalue weighted by Gasteiger charge is -2.16. The molecule has 3 aromatic heterocycles. The van der Waals surface area contributed by atoms with Gasteiger partial charge in [0.2, 0.25) is 0 Å². The highest BCUT2D eigenvalue weighted by Gasteiger charge is 2.19. The molecular weight excluding hydrogens is 418 g/mol. The quantitative estimate of drug-likeness (QED) is 0.454. The number of aryl methyl sites for hydroxylation is 2. The fraction of sp³-hybridized carbons (Fsp3) is 0.261. The van der Waals surface area contributed by atoms with Crippen molar-refractivity contribution in [3.63, 3.8) is 0 Å². The number of nitrogens with zero attached hydrogens (tertiary/aromatic N) is 7. The summed E-state index contributed by atoms with van der Waals surface area (Å²) in [7, 11) is 3.78. The Morgan fingerprint density at radius 2 is 1.76 bits per heavy atom. The third-order valence-corrected chi connectivity index (χ3v) is 5.58. The first-order chi connectivity index (χ1) is 16.1. The van der Waals surface area contributed by atoms with Gasteiger partial charge in [0.1, 0.15) is 5.82 Å². The van der Waals surface area contributed by atoms with E-state index < -0.39 is 0 Å². The second-order valence-corrected chi connectivity index (χ2v) is 7.99. The van der Waals surface area contributed by atoms with E-state index in [1.165, 1.54) is 0 Å². The van der Waals surface area contributed by atoms with E-state index in [0.717, 1.165) is 27.8 Å². The van der Waals surface area contributed by atoms with E-state index in [1.54, 1.807) is 20.5 Å². The molecule has 0 bridgehead atoms. The molecule has 0 unspecified atom stereocenters. The van der Waals surface area contributed by atoms with Crippen LogP contribution in [0, 0.1) is 0 Å². The van der Waals surface area contributed by atoms with E-state index >= 15 is 0 Å². The highest BCUT2D eigenvalue weighted by Crippen LogP contribution is 2.29. The van der Waals surface area contributed by atoms with Gasteiger partial charge in [0.15, 0.2) is 5.82 Å². The summed E-state index contributed by atoms with van der Waals surface area (Å²) in [6, 6.07) is 8.07. The Kier molecular flexibility index (Phi) is 5.47. The van der Waals surface area contributed by atoms with Gasteiger partial charge in [-0.3, -0.25) is 9.36 Å². The van der Waals surface area contributed by atoms with Crippen molar-refractivity contribution >= 4 is 11.8 Å². The summed E-state index contributed by atoms with van der Waals surface area (Å²) in [6.07, 6.45) is 9.36. The van der Waals surface area contributed by atoms with Gasteiger partial charge in [-0.1, -0.05) is 18.2 Å². The average Bonchev–Trinajstić information content (AvgIpc) is 3.56. The van der Waals surface area contributed by atoms with Gasteiger partial charge in [-0.15, -0.1) is 0 Å². The van der Waals surface area contributed by atoms with Gasteiger partial charge in [-0.2, -0.15) is 10.2 Å². The minimum Gasteiger partial charge on any atom is -0.368 e. The van der Waals surface area contributed by atoms with E-state index in [4.69, 9.17) is 4.98 Å². The Bertz CT molecular complexity index is 1290. The van der Waals surface area contributed by atoms with Gasteiger partial charge in [0.05, 0.1) is 12.4 Å². The number of rotatable bonds is 7. The predicted molar refractivity (Wildman–Crippen MR) is 125 cm³/mol. The SMILES string of the molecule is Cn1cc(-c2cccc(-c3ncc(-c4cnn(C)c4)c(NCCN4CCNC4=O)n3)c2)cn1. The van der Waals surface area contributed by atoms with Crippen molar-refractivity contribution in [2.24, 2.45) is 14.1 Å². The van der Waals surface area contributed by atoms with Gasteiger partial charge in [0, 0.05) is 81.1 Å². The molecule has 0 spiro atoms. The second kappa shape index (κ2) is 8.73. The smallest absolute Gasteiger partial charge is 0.317 e. The monoisotopic (exact) mass is 443 g/mol. The lowest BCUT2D eigenvalue weighted by atomic mass is 10.1. The van der Waals surface area contributed by atoms with Crippen molar-refractivity contribution in [2.75, 3.05) is 31.5 Å². The molecule has 1 aliphatic heterocycles. The molecular formula is C23H25N9O. The molecule has 2 N–H and O–H groups in total. The molecule has 1 saturated heterocycles. The Balaban J connectivity index is 1.45. The average molecular weight is 444 g/mol. The molecule has 0 aliphatic carbocycles. The van der Waals surface area contributed by atoms with Gasteiger partial charge in [0.25, 0.3) is 0 Å². The molecule has 0 radical (unpaired) electrons. The highest BCUT2D eigenvalue weighted by atomic mass is 16.2. The van der Waals surface area contributed by atoms with Gasteiger partial charge >= 0.3 is 6.03 Å². The molecule has 1 aliphatic rings. The topological polar surface area (TPSA) is 106 Å². The van der Waals surface area contributed by atoms with Crippen LogP contribution in [0.2, 0.25) is 0 Å². The van der Waals surface area contributed by atoms with Crippen LogP contribution in [0.3, 0.4) is 0 Å². The van der Waals surface area contributed by atoms with Crippen LogP contribution in [0.25, 0.3) is 33.6 Å². The van der Waals surface area contributed by atoms with Crippen molar-refractivity contribution in [2.45, 2.75) is 0 Å². The number of benzene rings is 1. The minimum absolute atomic E-state index is 0.0279. The molecule has 1 fully saturated rings. The molecule has 33 heavy (non-hydrogen) atoms. The second-order valence-electron chi connectivity index (χ2n) is 7.99. The van der Waals surface area contributed by atoms with Crippen molar-refractivity contribution in [1.82, 2.24) is 39.7 Å². The third-order valence-electron chi connectivity index (χ3n) is 5.58. The molecule has 0 saturated carbocycles. The van der Waals surface area contributed by atoms with Crippen LogP contribution in [-0.2, 0) is 14.1 Å². The van der Waals surface area contributed by atoms with Crippen LogP contribution in [0.4, 0.5) is 10.6 Å². The first-order valence-corrected chi connectivity index (χ1v) is 10.8. The number of nitrogens with one attached hydrogen (secondary N) is 2. The van der Waals surface area contributed by atoms with Crippen molar-refractivity contribution in [3.8, 4) is 33.6 Å². The third kappa shape index (κ3) is 4.40. The van der Waals surface area contributed by atoms with Crippen LogP contribution in [0.15, 0.2) is 55.2 Å². The number of amides is 2. The van der Waals surface area contributed by atoms with Crippen molar-refractivity contribution in [1.29, 1.82) is 0 Å². The van der Waals surface area contributed by atoms with Crippen LogP contribution in [-0.4, -0.2) is 66.6 Å². The first-order valence-electron chi connectivity index (χ1n) is 10.8. The normalized spacial score (nSPS) is 13.4. The first kappa shape index (κ1) is 20.7. The van der Waals surface area contributed by atoms with E-state index in [-0.39, 0.29) is 6.03 Å². The fourth-order valence-corrected chi connectivity index (χ4v) is 3.87. The molecule has 4 aromatic rings. The zero-order valence-electron chi connectivity index (χ0n) is 18.6. The van der Waals surface area contributed by atoms with E-state index in [9.17, 15) is 4.79 Å². The Labute approximate surface area is 191 Å². The molecule has 5 rings (SSSR count). The Hall–Kier alpha value is -4.21. The number of hydrogen-bond donors (Lipinski definition) is 2. The van der Waals surface area contributed by atoms with E-state index in [2.05, 4.69) is 31.9 Å². The maximum absolute atomic E-state index is 11.8. The number of carbonyl (C=O) groups excluding carboxylic acids is 1. The summed E-state index contributed by atoms with van der Waals surface area (Å²) in [4.78, 5) is 23.1. The molecule has 2 amide bonds. The summed E-state index contributed by atoms with van der Waals surface area (Å²) in [5.41, 5.74) is 4.79. The van der Waals surface area contributed by atoms with E-state index in [1.807, 2.05) is 57.1 Å². The number of anilines is 1. The van der Waals surface area contributed by atoms with Crippen LogP contribution in [0.5, 0.6) is 0 Å². The molecule has 1 aromatic carbocycles. The standard InChI is InChI=1S/C23H25N9O/c1-30-14-18(11-27-30)16-4-3-5-17(10-16)21-26-13-20(19-12-28-31(2)15-19)22(29-21)24-6-8-32-9-7-25-23(32)33/h3-5,10-15H,6-9H2,1-2H3,(H,25,33)(H,24,26,29). The Morgan fingerprint density at radius 3 is 2.45 bits per heavy atom. The van der Waals surface area contributed by atoms with Crippen molar-refractivity contribution < 1.29 is 4.79 Å². The number of urea groups is 1. The molecule has 168 valence electrons. The number of aromatic nitrogens is 6. The minimum atomic E-state index is -0.0279. The van der Waals surface area contributed by atoms with Crippen LogP contribution >= 0.6 is 0 Å². The molecule has 4 heterocycles. The van der Waals surface area contributed by atoms with Crippen molar-refractivity contribution in [3.05, 3.63) is 55.2 Å². The predicted octanol–water partition coefficient (Wildman–Crippen LogP) is 2.38. The number of hydrogen-bond acceptors (Lipinski definition) is 6. The number of carbonyl (C=O) groups is 1. The summed E-state index contributed by atoms with van der Waals surface area (Å²) in [5.74, 6) is 1.33. The zero-order valence-corrected chi connectivity index (χ0v) is 18.6. The lowest BCUT2D eigenvalue weighted by Crippen LogP contribution is -2.32. The summed E-state index contributed by atoms with van der Waals surface area (Å²) < 4.78 is 3.53. The molecule has 10 heteroatoms. The largest absolute Gasteiger partial charge is 0.368 e. The fourth-order valence-electron chi connectivity index (χ4n) is 3.87. The van der Waals surface area contributed by atoms with Gasteiger partial charge < -0.3 is 15.5 Å². The van der Waals surface area contributed by atoms with E-state index in [0.29, 0.717) is 37.8 Å². The highest BCUT2D eigenvalue weighted by molar-refractivity contribution is 5.77. The molecule has 0 atom stereocenters. The summed E-state index contributed by atoms with van der Waals surface area (Å²) in [6.45, 7) is 2.57. The summed E-state index contributed by atoms with van der Waals surface area (Å²) >= 11 is 0.